The highest BCUT2D eigenvalue weighted by molar-refractivity contribution is 5.92. The summed E-state index contributed by atoms with van der Waals surface area (Å²) in [5.41, 5.74) is 0.750. The van der Waals surface area contributed by atoms with E-state index in [-0.39, 0.29) is 17.4 Å². The zero-order valence-corrected chi connectivity index (χ0v) is 11.3. The Hall–Kier alpha value is -2.76. The first-order chi connectivity index (χ1) is 10.2. The van der Waals surface area contributed by atoms with Crippen LogP contribution in [0.25, 0.3) is 0 Å². The number of carbonyl (C=O) groups excluding carboxylic acids is 1. The van der Waals surface area contributed by atoms with Gasteiger partial charge in [-0.3, -0.25) is 4.79 Å². The van der Waals surface area contributed by atoms with Crippen LogP contribution in [0.15, 0.2) is 49.1 Å². The molecule has 5 nitrogen and oxygen atoms in total. The van der Waals surface area contributed by atoms with Crippen molar-refractivity contribution in [2.75, 3.05) is 11.9 Å². The van der Waals surface area contributed by atoms with E-state index in [1.807, 2.05) is 0 Å². The fourth-order valence-corrected chi connectivity index (χ4v) is 1.63. The van der Waals surface area contributed by atoms with Crippen LogP contribution in [0.5, 0.6) is 0 Å². The van der Waals surface area contributed by atoms with Crippen LogP contribution in [0.2, 0.25) is 0 Å². The molecule has 0 spiro atoms. The first kappa shape index (κ1) is 14.6. The number of carbonyl (C=O) groups is 1. The van der Waals surface area contributed by atoms with E-state index in [1.54, 1.807) is 36.4 Å². The van der Waals surface area contributed by atoms with Gasteiger partial charge in [0.05, 0.1) is 0 Å². The molecule has 1 amide bonds. The van der Waals surface area contributed by atoms with Crippen molar-refractivity contribution in [2.45, 2.75) is 6.54 Å². The quantitative estimate of drug-likeness (QED) is 0.798. The molecule has 1 aromatic heterocycles. The van der Waals surface area contributed by atoms with Gasteiger partial charge in [0.2, 0.25) is 0 Å². The van der Waals surface area contributed by atoms with Crippen molar-refractivity contribution in [1.29, 1.82) is 0 Å². The third-order valence-electron chi connectivity index (χ3n) is 2.72. The second kappa shape index (κ2) is 7.14. The van der Waals surface area contributed by atoms with Crippen molar-refractivity contribution >= 4 is 11.7 Å². The molecule has 2 aromatic rings. The van der Waals surface area contributed by atoms with E-state index in [0.29, 0.717) is 24.5 Å². The molecule has 0 saturated heterocycles. The molecule has 108 valence electrons. The number of hydrogen-bond donors (Lipinski definition) is 2. The Balaban J connectivity index is 1.95. The average molecular weight is 286 g/mol. The van der Waals surface area contributed by atoms with Crippen molar-refractivity contribution in [2.24, 2.45) is 0 Å². The van der Waals surface area contributed by atoms with Crippen LogP contribution in [0, 0.1) is 5.82 Å². The zero-order chi connectivity index (χ0) is 15.1. The molecular weight excluding hydrogens is 271 g/mol. The number of amides is 1. The summed E-state index contributed by atoms with van der Waals surface area (Å²) in [6.45, 7) is 4.17. The third kappa shape index (κ3) is 4.10. The number of aromatic nitrogens is 2. The monoisotopic (exact) mass is 286 g/mol. The van der Waals surface area contributed by atoms with Gasteiger partial charge in [-0.25, -0.2) is 4.39 Å². The lowest BCUT2D eigenvalue weighted by molar-refractivity contribution is 0.0952. The van der Waals surface area contributed by atoms with Crippen molar-refractivity contribution in [3.63, 3.8) is 0 Å². The van der Waals surface area contributed by atoms with E-state index < -0.39 is 0 Å². The summed E-state index contributed by atoms with van der Waals surface area (Å²) >= 11 is 0. The second-order valence-electron chi connectivity index (χ2n) is 4.25. The summed E-state index contributed by atoms with van der Waals surface area (Å²) in [4.78, 5) is 11.6. The van der Waals surface area contributed by atoms with Gasteiger partial charge in [-0.2, -0.15) is 0 Å². The number of hydrogen-bond acceptors (Lipinski definition) is 4. The minimum atomic E-state index is -0.317. The van der Waals surface area contributed by atoms with Crippen molar-refractivity contribution in [3.8, 4) is 0 Å². The van der Waals surface area contributed by atoms with Gasteiger partial charge < -0.3 is 10.6 Å². The van der Waals surface area contributed by atoms with Gasteiger partial charge in [-0.05, 0) is 18.2 Å². The Morgan fingerprint density at radius 2 is 2.05 bits per heavy atom. The maximum atomic E-state index is 13.4. The molecule has 0 saturated carbocycles. The number of benzene rings is 1. The molecular formula is C15H15FN4O. The Bertz CT molecular complexity index is 628. The van der Waals surface area contributed by atoms with Crippen LogP contribution >= 0.6 is 0 Å². The average Bonchev–Trinajstić information content (AvgIpc) is 2.52. The zero-order valence-electron chi connectivity index (χ0n) is 11.3. The molecule has 0 aliphatic heterocycles. The maximum Gasteiger partial charge on any atom is 0.272 e. The molecule has 0 bridgehead atoms. The number of halogens is 1. The predicted octanol–water partition coefficient (Wildman–Crippen LogP) is 2.14. The summed E-state index contributed by atoms with van der Waals surface area (Å²) in [6, 6.07) is 9.66. The summed E-state index contributed by atoms with van der Waals surface area (Å²) in [5, 5.41) is 13.2. The van der Waals surface area contributed by atoms with E-state index in [1.165, 1.54) is 6.07 Å². The van der Waals surface area contributed by atoms with E-state index >= 15 is 0 Å². The van der Waals surface area contributed by atoms with Crippen LogP contribution in [-0.2, 0) is 6.54 Å². The normalized spacial score (nSPS) is 9.95. The van der Waals surface area contributed by atoms with Crippen molar-refractivity contribution in [1.82, 2.24) is 15.5 Å². The molecule has 1 heterocycles. The summed E-state index contributed by atoms with van der Waals surface area (Å²) < 4.78 is 13.4. The van der Waals surface area contributed by atoms with E-state index in [9.17, 15) is 9.18 Å². The van der Waals surface area contributed by atoms with Gasteiger partial charge >= 0.3 is 0 Å². The van der Waals surface area contributed by atoms with E-state index in [4.69, 9.17) is 0 Å². The van der Waals surface area contributed by atoms with Crippen molar-refractivity contribution in [3.05, 3.63) is 66.1 Å². The molecule has 21 heavy (non-hydrogen) atoms. The highest BCUT2D eigenvalue weighted by Gasteiger charge is 2.07. The lowest BCUT2D eigenvalue weighted by Gasteiger charge is -2.06. The summed E-state index contributed by atoms with van der Waals surface area (Å²) in [7, 11) is 0. The first-order valence-corrected chi connectivity index (χ1v) is 6.41. The van der Waals surface area contributed by atoms with Crippen LogP contribution in [0.1, 0.15) is 16.1 Å². The Kier molecular flexibility index (Phi) is 4.98. The van der Waals surface area contributed by atoms with Gasteiger partial charge in [0.1, 0.15) is 11.6 Å². The number of rotatable bonds is 6. The van der Waals surface area contributed by atoms with Crippen LogP contribution in [0.4, 0.5) is 10.2 Å². The maximum absolute atomic E-state index is 13.4. The molecule has 0 unspecified atom stereocenters. The fraction of sp³-hybridized carbons (Fsp3) is 0.133. The van der Waals surface area contributed by atoms with Gasteiger partial charge in [0.15, 0.2) is 5.69 Å². The Morgan fingerprint density at radius 3 is 2.71 bits per heavy atom. The third-order valence-corrected chi connectivity index (χ3v) is 2.72. The Morgan fingerprint density at radius 1 is 1.24 bits per heavy atom. The molecule has 2 rings (SSSR count). The minimum absolute atomic E-state index is 0.216. The number of anilines is 1. The van der Waals surface area contributed by atoms with Gasteiger partial charge in [-0.1, -0.05) is 24.3 Å². The molecule has 0 atom stereocenters. The molecule has 1 aromatic carbocycles. The fourth-order valence-electron chi connectivity index (χ4n) is 1.63. The van der Waals surface area contributed by atoms with E-state index in [2.05, 4.69) is 27.4 Å². The lowest BCUT2D eigenvalue weighted by Crippen LogP contribution is -2.24. The van der Waals surface area contributed by atoms with Crippen molar-refractivity contribution < 1.29 is 9.18 Å². The van der Waals surface area contributed by atoms with Crippen LogP contribution < -0.4 is 10.6 Å². The molecule has 0 aliphatic carbocycles. The molecule has 0 radical (unpaired) electrons. The van der Waals surface area contributed by atoms with E-state index in [0.717, 1.165) is 0 Å². The number of nitrogens with zero attached hydrogens (tertiary/aromatic N) is 2. The van der Waals surface area contributed by atoms with Crippen LogP contribution in [-0.4, -0.2) is 22.6 Å². The minimum Gasteiger partial charge on any atom is -0.364 e. The number of nitrogens with one attached hydrogen (secondary N) is 2. The molecule has 0 aliphatic rings. The molecule has 6 heteroatoms. The largest absolute Gasteiger partial charge is 0.364 e. The topological polar surface area (TPSA) is 66.9 Å². The standard InChI is InChI=1S/C15H15FN4O/c1-2-9-17-15(21)13-7-8-14(20-19-13)18-10-11-5-3-4-6-12(11)16/h2-8H,1,9-10H2,(H,17,21)(H,18,20). The smallest absolute Gasteiger partial charge is 0.272 e. The molecule has 2 N–H and O–H groups in total. The van der Waals surface area contributed by atoms with Crippen LogP contribution in [0.3, 0.4) is 0 Å². The highest BCUT2D eigenvalue weighted by atomic mass is 19.1. The van der Waals surface area contributed by atoms with Gasteiger partial charge in [0.25, 0.3) is 5.91 Å². The second-order valence-corrected chi connectivity index (χ2v) is 4.25. The summed E-state index contributed by atoms with van der Waals surface area (Å²) in [6.07, 6.45) is 1.58. The van der Waals surface area contributed by atoms with Gasteiger partial charge in [0, 0.05) is 18.7 Å². The molecule has 0 fully saturated rings. The SMILES string of the molecule is C=CCNC(=O)c1ccc(NCc2ccccc2F)nn1. The Labute approximate surface area is 121 Å². The highest BCUT2D eigenvalue weighted by Crippen LogP contribution is 2.09. The summed E-state index contributed by atoms with van der Waals surface area (Å²) in [5.74, 6) is -0.125. The first-order valence-electron chi connectivity index (χ1n) is 6.41. The predicted molar refractivity (Wildman–Crippen MR) is 78.3 cm³/mol. The lowest BCUT2D eigenvalue weighted by atomic mass is 10.2. The van der Waals surface area contributed by atoms with Gasteiger partial charge in [-0.15, -0.1) is 16.8 Å².